The molecule has 0 amide bonds. The van der Waals surface area contributed by atoms with Crippen LogP contribution in [0.2, 0.25) is 0 Å². The topological polar surface area (TPSA) is 98.2 Å². The summed E-state index contributed by atoms with van der Waals surface area (Å²) in [6, 6.07) is 8.69. The van der Waals surface area contributed by atoms with Crippen LogP contribution in [0.25, 0.3) is 22.6 Å². The zero-order valence-corrected chi connectivity index (χ0v) is 17.9. The summed E-state index contributed by atoms with van der Waals surface area (Å²) in [5.74, 6) is 1.04. The number of thiophene rings is 1. The first kappa shape index (κ1) is 19.4. The van der Waals surface area contributed by atoms with E-state index in [0.717, 1.165) is 21.7 Å². The van der Waals surface area contributed by atoms with E-state index in [0.29, 0.717) is 27.6 Å². The second-order valence-corrected chi connectivity index (χ2v) is 9.75. The van der Waals surface area contributed by atoms with Crippen molar-refractivity contribution in [2.75, 3.05) is 4.72 Å². The van der Waals surface area contributed by atoms with Gasteiger partial charge in [0.2, 0.25) is 0 Å². The molecule has 4 aromatic rings. The quantitative estimate of drug-likeness (QED) is 0.474. The summed E-state index contributed by atoms with van der Waals surface area (Å²) in [5.41, 5.74) is 3.28. The molecule has 1 N–H and O–H groups in total. The van der Waals surface area contributed by atoms with Crippen molar-refractivity contribution in [1.29, 1.82) is 0 Å². The Balaban J connectivity index is 1.78. The monoisotopic (exact) mass is 429 g/mol. The maximum atomic E-state index is 13.3. The second-order valence-electron chi connectivity index (χ2n) is 6.70. The number of nitrogens with one attached hydrogen (secondary N) is 1. The molecule has 9 heteroatoms. The van der Waals surface area contributed by atoms with Crippen molar-refractivity contribution in [2.24, 2.45) is 0 Å². The van der Waals surface area contributed by atoms with E-state index in [-0.39, 0.29) is 4.90 Å². The lowest BCUT2D eigenvalue weighted by Crippen LogP contribution is -2.14. The number of nitrogens with zero attached hydrogens (tertiary/aromatic N) is 2. The molecular formula is C20H19N3O4S2. The normalized spacial score (nSPS) is 11.7. The van der Waals surface area contributed by atoms with Crippen LogP contribution in [0.15, 0.2) is 50.5 Å². The fourth-order valence-electron chi connectivity index (χ4n) is 3.20. The molecule has 3 aromatic heterocycles. The third kappa shape index (κ3) is 3.47. The molecule has 0 radical (unpaired) electrons. The Morgan fingerprint density at radius 2 is 1.83 bits per heavy atom. The highest BCUT2D eigenvalue weighted by molar-refractivity contribution is 7.93. The van der Waals surface area contributed by atoms with Gasteiger partial charge in [-0.05, 0) is 39.8 Å². The average Bonchev–Trinajstić information content (AvgIpc) is 3.36. The highest BCUT2D eigenvalue weighted by Crippen LogP contribution is 2.41. The Labute approximate surface area is 172 Å². The van der Waals surface area contributed by atoms with Crippen LogP contribution in [-0.4, -0.2) is 18.7 Å². The molecule has 1 aromatic carbocycles. The number of rotatable bonds is 5. The average molecular weight is 430 g/mol. The van der Waals surface area contributed by atoms with Gasteiger partial charge in [0.25, 0.3) is 10.0 Å². The number of aromatic nitrogens is 2. The van der Waals surface area contributed by atoms with Gasteiger partial charge >= 0.3 is 0 Å². The first-order valence-corrected chi connectivity index (χ1v) is 11.1. The van der Waals surface area contributed by atoms with Gasteiger partial charge in [-0.2, -0.15) is 0 Å². The van der Waals surface area contributed by atoms with Crippen LogP contribution in [0.5, 0.6) is 0 Å². The van der Waals surface area contributed by atoms with E-state index in [4.69, 9.17) is 9.05 Å². The largest absolute Gasteiger partial charge is 0.356 e. The molecule has 7 nitrogen and oxygen atoms in total. The molecule has 0 aliphatic rings. The first-order chi connectivity index (χ1) is 13.8. The minimum Gasteiger partial charge on any atom is -0.356 e. The summed E-state index contributed by atoms with van der Waals surface area (Å²) >= 11 is 1.42. The number of anilines is 1. The van der Waals surface area contributed by atoms with E-state index in [2.05, 4.69) is 15.0 Å². The van der Waals surface area contributed by atoms with Crippen LogP contribution < -0.4 is 4.72 Å². The zero-order valence-electron chi connectivity index (χ0n) is 16.3. The lowest BCUT2D eigenvalue weighted by Gasteiger charge is -2.11. The van der Waals surface area contributed by atoms with Crippen LogP contribution >= 0.6 is 11.3 Å². The van der Waals surface area contributed by atoms with E-state index >= 15 is 0 Å². The molecule has 0 atom stereocenters. The third-order valence-electron chi connectivity index (χ3n) is 4.70. The van der Waals surface area contributed by atoms with Gasteiger partial charge < -0.3 is 9.05 Å². The van der Waals surface area contributed by atoms with Gasteiger partial charge in [0.05, 0.1) is 17.5 Å². The second kappa shape index (κ2) is 7.16. The Morgan fingerprint density at radius 1 is 1.03 bits per heavy atom. The number of aryl methyl sites for hydroxylation is 3. The van der Waals surface area contributed by atoms with E-state index < -0.39 is 10.0 Å². The van der Waals surface area contributed by atoms with Crippen molar-refractivity contribution >= 4 is 27.0 Å². The summed E-state index contributed by atoms with van der Waals surface area (Å²) in [7, 11) is -3.87. The number of sulfonamides is 1. The van der Waals surface area contributed by atoms with Crippen molar-refractivity contribution in [3.05, 3.63) is 57.5 Å². The van der Waals surface area contributed by atoms with Gasteiger partial charge in [0.1, 0.15) is 4.90 Å². The molecule has 0 saturated carbocycles. The lowest BCUT2D eigenvalue weighted by molar-refractivity contribution is 0.426. The summed E-state index contributed by atoms with van der Waals surface area (Å²) < 4.78 is 40.0. The van der Waals surface area contributed by atoms with Gasteiger partial charge in [-0.1, -0.05) is 22.4 Å². The van der Waals surface area contributed by atoms with Gasteiger partial charge in [0.15, 0.2) is 11.5 Å². The fourth-order valence-corrected chi connectivity index (χ4v) is 6.11. The van der Waals surface area contributed by atoms with Gasteiger partial charge in [-0.3, -0.25) is 4.72 Å². The Morgan fingerprint density at radius 3 is 2.48 bits per heavy atom. The predicted octanol–water partition coefficient (Wildman–Crippen LogP) is 5.09. The minimum absolute atomic E-state index is 0.212. The van der Waals surface area contributed by atoms with Gasteiger partial charge in [-0.25, -0.2) is 8.42 Å². The van der Waals surface area contributed by atoms with Crippen LogP contribution in [0.4, 0.5) is 5.69 Å². The Hall–Kier alpha value is -2.91. The molecule has 0 bridgehead atoms. The molecule has 0 aliphatic heterocycles. The molecule has 29 heavy (non-hydrogen) atoms. The molecule has 0 aliphatic carbocycles. The van der Waals surface area contributed by atoms with Crippen LogP contribution in [0.3, 0.4) is 0 Å². The summed E-state index contributed by atoms with van der Waals surface area (Å²) in [4.78, 5) is 1.76. The molecule has 0 saturated heterocycles. The van der Waals surface area contributed by atoms with Gasteiger partial charge in [-0.15, -0.1) is 11.3 Å². The number of hydrogen-bond acceptors (Lipinski definition) is 7. The molecule has 3 heterocycles. The number of benzene rings is 1. The third-order valence-corrected chi connectivity index (χ3v) is 7.40. The molecule has 4 rings (SSSR count). The van der Waals surface area contributed by atoms with Crippen LogP contribution in [-0.2, 0) is 10.0 Å². The highest BCUT2D eigenvalue weighted by Gasteiger charge is 2.29. The highest BCUT2D eigenvalue weighted by atomic mass is 32.2. The van der Waals surface area contributed by atoms with Crippen molar-refractivity contribution in [3.63, 3.8) is 0 Å². The van der Waals surface area contributed by atoms with E-state index in [1.54, 1.807) is 31.2 Å². The van der Waals surface area contributed by atoms with E-state index in [1.807, 2.05) is 26.8 Å². The van der Waals surface area contributed by atoms with E-state index in [9.17, 15) is 8.42 Å². The summed E-state index contributed by atoms with van der Waals surface area (Å²) in [6.07, 6.45) is 1.54. The molecular weight excluding hydrogens is 410 g/mol. The Bertz CT molecular complexity index is 1290. The van der Waals surface area contributed by atoms with Crippen molar-refractivity contribution in [3.8, 4) is 22.6 Å². The number of hydrogen-bond donors (Lipinski definition) is 1. The maximum Gasteiger partial charge on any atom is 0.263 e. The lowest BCUT2D eigenvalue weighted by atomic mass is 10.1. The Kier molecular flexibility index (Phi) is 4.79. The van der Waals surface area contributed by atoms with Crippen molar-refractivity contribution < 1.29 is 17.5 Å². The maximum absolute atomic E-state index is 13.3. The summed E-state index contributed by atoms with van der Waals surface area (Å²) in [5, 5.41) is 7.68. The zero-order chi connectivity index (χ0) is 20.8. The van der Waals surface area contributed by atoms with Crippen molar-refractivity contribution in [1.82, 2.24) is 10.3 Å². The van der Waals surface area contributed by atoms with Crippen molar-refractivity contribution in [2.45, 2.75) is 32.6 Å². The smallest absolute Gasteiger partial charge is 0.263 e. The molecule has 0 spiro atoms. The minimum atomic E-state index is -3.87. The molecule has 0 fully saturated rings. The molecule has 150 valence electrons. The predicted molar refractivity (Wildman–Crippen MR) is 112 cm³/mol. The van der Waals surface area contributed by atoms with Crippen LogP contribution in [0, 0.1) is 27.7 Å². The van der Waals surface area contributed by atoms with Crippen LogP contribution in [0.1, 0.15) is 21.0 Å². The van der Waals surface area contributed by atoms with Gasteiger partial charge in [0, 0.05) is 32.6 Å². The standard InChI is InChI=1S/C20H19N3O4S2/c1-11-12(2)22-27-19(11)18-13(3)28-14(4)20(18)29(24,25)23-16-7-5-6-15(10-16)17-8-9-21-26-17/h5-10,23H,1-4H3. The SMILES string of the molecule is Cc1noc(-c2c(C)sc(C)c2S(=O)(=O)Nc2cccc(-c3ccno3)c2)c1C. The fraction of sp³-hybridized carbons (Fsp3) is 0.200. The van der Waals surface area contributed by atoms with E-state index in [1.165, 1.54) is 17.5 Å². The first-order valence-electron chi connectivity index (χ1n) is 8.85. The molecule has 0 unspecified atom stereocenters. The summed E-state index contributed by atoms with van der Waals surface area (Å²) in [6.45, 7) is 7.38.